The van der Waals surface area contributed by atoms with Crippen LogP contribution < -0.4 is 16.4 Å². The minimum absolute atomic E-state index is 0.130. The Hall–Kier alpha value is -0.610. The Morgan fingerprint density at radius 1 is 1.69 bits per heavy atom. The first-order valence-corrected chi connectivity index (χ1v) is 4.88. The van der Waals surface area contributed by atoms with Gasteiger partial charge in [0.1, 0.15) is 0 Å². The molecule has 76 valence electrons. The highest BCUT2D eigenvalue weighted by atomic mass is 16.2. The molecular formula is C9H19N3O. The standard InChI is InChI=1S/C9H19N3O/c1-9(3-2-5-11-7-9)8(13)12-6-4-10/h11H,2-7,10H2,1H3,(H,12,13). The monoisotopic (exact) mass is 185 g/mol. The van der Waals surface area contributed by atoms with Crippen LogP contribution in [0.15, 0.2) is 0 Å². The zero-order valence-corrected chi connectivity index (χ0v) is 8.23. The molecule has 13 heavy (non-hydrogen) atoms. The van der Waals surface area contributed by atoms with E-state index < -0.39 is 0 Å². The van der Waals surface area contributed by atoms with E-state index in [4.69, 9.17) is 5.73 Å². The van der Waals surface area contributed by atoms with Crippen LogP contribution in [0.2, 0.25) is 0 Å². The lowest BCUT2D eigenvalue weighted by molar-refractivity contribution is -0.131. The highest BCUT2D eigenvalue weighted by Crippen LogP contribution is 2.25. The van der Waals surface area contributed by atoms with Crippen molar-refractivity contribution in [2.45, 2.75) is 19.8 Å². The summed E-state index contributed by atoms with van der Waals surface area (Å²) >= 11 is 0. The van der Waals surface area contributed by atoms with Gasteiger partial charge < -0.3 is 16.4 Å². The number of carbonyl (C=O) groups is 1. The molecule has 0 aliphatic carbocycles. The van der Waals surface area contributed by atoms with Crippen molar-refractivity contribution >= 4 is 5.91 Å². The van der Waals surface area contributed by atoms with Crippen molar-refractivity contribution in [2.75, 3.05) is 26.2 Å². The molecule has 0 spiro atoms. The van der Waals surface area contributed by atoms with Gasteiger partial charge in [-0.15, -0.1) is 0 Å². The lowest BCUT2D eigenvalue weighted by atomic mass is 9.82. The second-order valence-electron chi connectivity index (χ2n) is 3.89. The normalized spacial score (nSPS) is 28.5. The summed E-state index contributed by atoms with van der Waals surface area (Å²) in [5, 5.41) is 6.08. The van der Waals surface area contributed by atoms with Crippen LogP contribution in [0.1, 0.15) is 19.8 Å². The van der Waals surface area contributed by atoms with Gasteiger partial charge in [-0.2, -0.15) is 0 Å². The predicted molar refractivity (Wildman–Crippen MR) is 52.3 cm³/mol. The molecule has 0 aromatic rings. The summed E-state index contributed by atoms with van der Waals surface area (Å²) < 4.78 is 0. The number of piperidine rings is 1. The Bertz CT molecular complexity index is 176. The van der Waals surface area contributed by atoms with Gasteiger partial charge >= 0.3 is 0 Å². The SMILES string of the molecule is CC1(C(=O)NCCN)CCCNC1. The number of hydrogen-bond acceptors (Lipinski definition) is 3. The van der Waals surface area contributed by atoms with E-state index in [1.54, 1.807) is 0 Å². The Morgan fingerprint density at radius 3 is 3.00 bits per heavy atom. The van der Waals surface area contributed by atoms with Gasteiger partial charge in [-0.3, -0.25) is 4.79 Å². The fourth-order valence-corrected chi connectivity index (χ4v) is 1.65. The molecule has 1 aliphatic heterocycles. The molecular weight excluding hydrogens is 166 g/mol. The summed E-state index contributed by atoms with van der Waals surface area (Å²) in [6.45, 7) is 4.90. The lowest BCUT2D eigenvalue weighted by Gasteiger charge is -2.32. The second kappa shape index (κ2) is 4.58. The van der Waals surface area contributed by atoms with Crippen LogP contribution in [-0.2, 0) is 4.79 Å². The highest BCUT2D eigenvalue weighted by molar-refractivity contribution is 5.82. The molecule has 0 aromatic heterocycles. The Kier molecular flexibility index (Phi) is 3.69. The third kappa shape index (κ3) is 2.67. The maximum atomic E-state index is 11.7. The third-order valence-electron chi connectivity index (χ3n) is 2.58. The number of carbonyl (C=O) groups excluding carboxylic acids is 1. The first-order chi connectivity index (χ1) is 6.19. The van der Waals surface area contributed by atoms with Crippen LogP contribution in [-0.4, -0.2) is 32.1 Å². The van der Waals surface area contributed by atoms with Crippen LogP contribution in [0, 0.1) is 5.41 Å². The van der Waals surface area contributed by atoms with Gasteiger partial charge in [-0.1, -0.05) is 0 Å². The number of amides is 1. The molecule has 4 nitrogen and oxygen atoms in total. The topological polar surface area (TPSA) is 67.2 Å². The van der Waals surface area contributed by atoms with Gasteiger partial charge in [0.05, 0.1) is 5.41 Å². The maximum Gasteiger partial charge on any atom is 0.227 e. The van der Waals surface area contributed by atoms with E-state index in [0.29, 0.717) is 13.1 Å². The van der Waals surface area contributed by atoms with Gasteiger partial charge in [0.15, 0.2) is 0 Å². The van der Waals surface area contributed by atoms with E-state index in [0.717, 1.165) is 25.9 Å². The van der Waals surface area contributed by atoms with Crippen molar-refractivity contribution in [3.63, 3.8) is 0 Å². The third-order valence-corrected chi connectivity index (χ3v) is 2.58. The second-order valence-corrected chi connectivity index (χ2v) is 3.89. The first-order valence-electron chi connectivity index (χ1n) is 4.88. The van der Waals surface area contributed by atoms with Gasteiger partial charge in [0.2, 0.25) is 5.91 Å². The van der Waals surface area contributed by atoms with Gasteiger partial charge in [-0.05, 0) is 26.3 Å². The molecule has 1 rings (SSSR count). The fourth-order valence-electron chi connectivity index (χ4n) is 1.65. The van der Waals surface area contributed by atoms with Crippen molar-refractivity contribution in [1.82, 2.24) is 10.6 Å². The summed E-state index contributed by atoms with van der Waals surface area (Å²) in [7, 11) is 0. The summed E-state index contributed by atoms with van der Waals surface area (Å²) in [5.74, 6) is 0.130. The Balaban J connectivity index is 2.42. The lowest BCUT2D eigenvalue weighted by Crippen LogP contribution is -2.49. The van der Waals surface area contributed by atoms with Crippen LogP contribution in [0.5, 0.6) is 0 Å². The van der Waals surface area contributed by atoms with Crippen LogP contribution in [0.3, 0.4) is 0 Å². The molecule has 1 unspecified atom stereocenters. The predicted octanol–water partition coefficient (Wildman–Crippen LogP) is -0.549. The van der Waals surface area contributed by atoms with Gasteiger partial charge in [-0.25, -0.2) is 0 Å². The van der Waals surface area contributed by atoms with Crippen molar-refractivity contribution in [2.24, 2.45) is 11.1 Å². The molecule has 1 heterocycles. The molecule has 0 saturated carbocycles. The summed E-state index contributed by atoms with van der Waals surface area (Å²) in [6.07, 6.45) is 2.04. The quantitative estimate of drug-likeness (QED) is 0.553. The van der Waals surface area contributed by atoms with Crippen LogP contribution in [0.25, 0.3) is 0 Å². The Morgan fingerprint density at radius 2 is 2.46 bits per heavy atom. The summed E-state index contributed by atoms with van der Waals surface area (Å²) in [5.41, 5.74) is 5.09. The minimum Gasteiger partial charge on any atom is -0.354 e. The number of nitrogens with one attached hydrogen (secondary N) is 2. The highest BCUT2D eigenvalue weighted by Gasteiger charge is 2.33. The first kappa shape index (κ1) is 10.5. The van der Waals surface area contributed by atoms with Gasteiger partial charge in [0.25, 0.3) is 0 Å². The van der Waals surface area contributed by atoms with E-state index in [9.17, 15) is 4.79 Å². The number of rotatable bonds is 3. The summed E-state index contributed by atoms with van der Waals surface area (Å²) in [4.78, 5) is 11.7. The fraction of sp³-hybridized carbons (Fsp3) is 0.889. The van der Waals surface area contributed by atoms with Crippen LogP contribution >= 0.6 is 0 Å². The molecule has 1 aliphatic rings. The largest absolute Gasteiger partial charge is 0.354 e. The van der Waals surface area contributed by atoms with Crippen molar-refractivity contribution in [3.8, 4) is 0 Å². The molecule has 1 atom stereocenters. The molecule has 0 radical (unpaired) electrons. The van der Waals surface area contributed by atoms with Gasteiger partial charge in [0, 0.05) is 19.6 Å². The molecule has 4 heteroatoms. The zero-order chi connectivity index (χ0) is 9.73. The average Bonchev–Trinajstić information content (AvgIpc) is 2.15. The van der Waals surface area contributed by atoms with E-state index in [-0.39, 0.29) is 11.3 Å². The average molecular weight is 185 g/mol. The zero-order valence-electron chi connectivity index (χ0n) is 8.23. The van der Waals surface area contributed by atoms with E-state index in [2.05, 4.69) is 10.6 Å². The Labute approximate surface area is 79.3 Å². The van der Waals surface area contributed by atoms with E-state index >= 15 is 0 Å². The molecule has 1 amide bonds. The minimum atomic E-state index is -0.229. The molecule has 0 bridgehead atoms. The maximum absolute atomic E-state index is 11.7. The van der Waals surface area contributed by atoms with E-state index in [1.807, 2.05) is 6.92 Å². The molecule has 4 N–H and O–H groups in total. The smallest absolute Gasteiger partial charge is 0.227 e. The molecule has 0 aromatic carbocycles. The van der Waals surface area contributed by atoms with Crippen molar-refractivity contribution in [3.05, 3.63) is 0 Å². The van der Waals surface area contributed by atoms with Crippen molar-refractivity contribution < 1.29 is 4.79 Å². The molecule has 1 fully saturated rings. The van der Waals surface area contributed by atoms with Crippen molar-refractivity contribution in [1.29, 1.82) is 0 Å². The van der Waals surface area contributed by atoms with Crippen LogP contribution in [0.4, 0.5) is 0 Å². The summed E-state index contributed by atoms with van der Waals surface area (Å²) in [6, 6.07) is 0. The number of hydrogen-bond donors (Lipinski definition) is 3. The molecule has 1 saturated heterocycles. The number of nitrogens with two attached hydrogens (primary N) is 1. The van der Waals surface area contributed by atoms with E-state index in [1.165, 1.54) is 0 Å².